The molecule has 17 nitrogen and oxygen atoms in total. The van der Waals surface area contributed by atoms with Gasteiger partial charge < -0.3 is 45.9 Å². The molecule has 6 aromatic rings. The first-order valence-electron chi connectivity index (χ1n) is 18.8. The van der Waals surface area contributed by atoms with Crippen LogP contribution in [0.1, 0.15) is 33.4 Å². The number of hydrogen-bond acceptors (Lipinski definition) is 14. The largest absolute Gasteiger partial charge is 3.00 e. The summed E-state index contributed by atoms with van der Waals surface area (Å²) in [7, 11) is 6.75. The van der Waals surface area contributed by atoms with E-state index in [1.54, 1.807) is 137 Å². The molecular formula is C48H46Co2N8O9. The van der Waals surface area contributed by atoms with E-state index in [-0.39, 0.29) is 73.5 Å². The smallest absolute Gasteiger partial charge is 0.872 e. The van der Waals surface area contributed by atoms with E-state index in [4.69, 9.17) is 0 Å². The molecule has 6 rings (SSSR count). The minimum absolute atomic E-state index is 0. The van der Waals surface area contributed by atoms with Gasteiger partial charge in [-0.3, -0.25) is 9.59 Å². The van der Waals surface area contributed by atoms with Crippen molar-refractivity contribution < 1.29 is 79.3 Å². The molecule has 350 valence electrons. The van der Waals surface area contributed by atoms with Crippen LogP contribution in [0, 0.1) is 0 Å². The Balaban J connectivity index is 0. The zero-order valence-corrected chi connectivity index (χ0v) is 38.6. The minimum atomic E-state index is -0.110. The molecule has 2 amide bonds. The number of rotatable bonds is 11. The summed E-state index contributed by atoms with van der Waals surface area (Å²) in [5, 5.41) is 90.5. The summed E-state index contributed by atoms with van der Waals surface area (Å²) in [5.41, 5.74) is 2.78. The van der Waals surface area contributed by atoms with Crippen molar-refractivity contribution >= 4 is 50.1 Å². The van der Waals surface area contributed by atoms with Crippen LogP contribution in [0.4, 0.5) is 0 Å². The Morgan fingerprint density at radius 2 is 0.433 bits per heavy atom. The van der Waals surface area contributed by atoms with Crippen molar-refractivity contribution in [1.82, 2.24) is 9.80 Å². The zero-order valence-electron chi connectivity index (χ0n) is 36.5. The Morgan fingerprint density at radius 3 is 0.537 bits per heavy atom. The molecule has 0 unspecified atom stereocenters. The van der Waals surface area contributed by atoms with Gasteiger partial charge in [-0.25, -0.2) is 0 Å². The number of benzene rings is 6. The summed E-state index contributed by atoms with van der Waals surface area (Å²) in [5.74, 6) is -0.663. The second-order valence-corrected chi connectivity index (χ2v) is 12.8. The Hall–Kier alpha value is -7.95. The van der Waals surface area contributed by atoms with E-state index in [9.17, 15) is 40.2 Å². The summed E-state index contributed by atoms with van der Waals surface area (Å²) in [6.07, 6.45) is 9.70. The van der Waals surface area contributed by atoms with Crippen molar-refractivity contribution in [1.29, 1.82) is 0 Å². The Kier molecular flexibility index (Phi) is 33.2. The molecule has 0 heterocycles. The number of carbonyl (C=O) groups is 2. The second-order valence-electron chi connectivity index (χ2n) is 12.8. The van der Waals surface area contributed by atoms with Gasteiger partial charge in [-0.05, 0) is 33.4 Å². The van der Waals surface area contributed by atoms with Crippen molar-refractivity contribution in [2.45, 2.75) is 0 Å². The number of carbonyl (C=O) groups excluding carboxylic acids is 2. The molecular weight excluding hydrogens is 950 g/mol. The SMILES string of the molecule is CN(C)C=O.CN(C)C=O.O.[Co+3].[Co+3].[O-]c1ccccc1/C=N/N=C/c1ccccc1[O-].[O-]c1ccccc1/C=N/N=C/c1ccccc1[O-].[O-]c1ccccc1/C=N/N=C/c1ccccc1[O-]. The fraction of sp³-hybridized carbons (Fsp3) is 0.0833. The predicted octanol–water partition coefficient (Wildman–Crippen LogP) is 2.44. The maximum atomic E-state index is 11.3. The van der Waals surface area contributed by atoms with Gasteiger partial charge in [-0.1, -0.05) is 180 Å². The van der Waals surface area contributed by atoms with Gasteiger partial charge in [-0.15, -0.1) is 0 Å². The van der Waals surface area contributed by atoms with Crippen LogP contribution >= 0.6 is 0 Å². The monoisotopic (exact) mass is 996 g/mol. The summed E-state index contributed by atoms with van der Waals surface area (Å²) < 4.78 is 0. The van der Waals surface area contributed by atoms with E-state index in [1.165, 1.54) is 83.5 Å². The maximum absolute atomic E-state index is 11.3. The van der Waals surface area contributed by atoms with Crippen molar-refractivity contribution in [2.24, 2.45) is 30.6 Å². The van der Waals surface area contributed by atoms with E-state index in [0.29, 0.717) is 33.4 Å². The van der Waals surface area contributed by atoms with Crippen LogP contribution in [0.2, 0.25) is 0 Å². The molecule has 0 aliphatic heterocycles. The van der Waals surface area contributed by atoms with Crippen LogP contribution in [0.25, 0.3) is 0 Å². The third kappa shape index (κ3) is 26.4. The summed E-state index contributed by atoms with van der Waals surface area (Å²) >= 11 is 0. The topological polar surface area (TPSA) is 285 Å². The van der Waals surface area contributed by atoms with E-state index in [2.05, 4.69) is 30.6 Å². The van der Waals surface area contributed by atoms with Gasteiger partial charge >= 0.3 is 33.6 Å². The standard InChI is InChI=1S/3C14H12N2O2.2C3H7NO.2Co.H2O/c3*17-13-7-3-1-5-11(13)9-15-16-10-12-6-2-4-8-14(12)18;2*1-4(2)3-5;;;/h3*1-10,17-18H;2*3H,1-2H3;;;1H2/q;;;;;2*+3;/p-6/b3*15-9+,16-10+;;;;;. The van der Waals surface area contributed by atoms with Gasteiger partial charge in [0.1, 0.15) is 0 Å². The molecule has 67 heavy (non-hydrogen) atoms. The molecule has 0 spiro atoms. The first kappa shape index (κ1) is 61.1. The van der Waals surface area contributed by atoms with Crippen molar-refractivity contribution in [3.63, 3.8) is 0 Å². The predicted molar refractivity (Wildman–Crippen MR) is 244 cm³/mol. The minimum Gasteiger partial charge on any atom is -0.872 e. The normalized spacial score (nSPS) is 10.1. The fourth-order valence-corrected chi connectivity index (χ4v) is 4.10. The van der Waals surface area contributed by atoms with Crippen LogP contribution in [-0.4, -0.2) is 93.6 Å². The van der Waals surface area contributed by atoms with Gasteiger partial charge in [0, 0.05) is 28.2 Å². The number of hydrogen-bond donors (Lipinski definition) is 0. The van der Waals surface area contributed by atoms with Crippen LogP contribution < -0.4 is 30.6 Å². The third-order valence-electron chi connectivity index (χ3n) is 7.32. The van der Waals surface area contributed by atoms with Crippen LogP contribution in [-0.2, 0) is 43.1 Å². The third-order valence-corrected chi connectivity index (χ3v) is 7.32. The van der Waals surface area contributed by atoms with Gasteiger partial charge in [0.15, 0.2) is 0 Å². The molecule has 2 N–H and O–H groups in total. The van der Waals surface area contributed by atoms with Gasteiger partial charge in [0.25, 0.3) is 0 Å². The Bertz CT molecular complexity index is 2090. The van der Waals surface area contributed by atoms with Gasteiger partial charge in [-0.2, -0.15) is 30.6 Å². The number of para-hydroxylation sites is 6. The molecule has 0 aromatic heterocycles. The Labute approximate surface area is 409 Å². The summed E-state index contributed by atoms with van der Waals surface area (Å²) in [6.45, 7) is 0. The summed E-state index contributed by atoms with van der Waals surface area (Å²) in [4.78, 5) is 21.8. The zero-order chi connectivity index (χ0) is 47.0. The first-order chi connectivity index (χ1) is 30.9. The van der Waals surface area contributed by atoms with Crippen molar-refractivity contribution in [3.8, 4) is 34.5 Å². The van der Waals surface area contributed by atoms with Crippen molar-refractivity contribution in [3.05, 3.63) is 179 Å². The molecule has 0 fully saturated rings. The first-order valence-corrected chi connectivity index (χ1v) is 18.8. The molecule has 0 radical (unpaired) electrons. The van der Waals surface area contributed by atoms with Crippen molar-refractivity contribution in [2.75, 3.05) is 28.2 Å². The average Bonchev–Trinajstić information content (AvgIpc) is 3.29. The van der Waals surface area contributed by atoms with E-state index < -0.39 is 0 Å². The Morgan fingerprint density at radius 1 is 0.313 bits per heavy atom. The van der Waals surface area contributed by atoms with Crippen LogP contribution in [0.5, 0.6) is 34.5 Å². The second kappa shape index (κ2) is 36.4. The van der Waals surface area contributed by atoms with E-state index >= 15 is 0 Å². The maximum Gasteiger partial charge on any atom is 3.00 e. The van der Waals surface area contributed by atoms with Crippen LogP contribution in [0.15, 0.2) is 176 Å². The average molecular weight is 997 g/mol. The molecule has 0 aliphatic carbocycles. The molecule has 19 heteroatoms. The molecule has 0 atom stereocenters. The number of amides is 2. The van der Waals surface area contributed by atoms with E-state index in [0.717, 1.165) is 12.8 Å². The quantitative estimate of drug-likeness (QED) is 0.105. The molecule has 6 aromatic carbocycles. The molecule has 0 saturated carbocycles. The summed E-state index contributed by atoms with van der Waals surface area (Å²) in [6, 6.07) is 39.1. The van der Waals surface area contributed by atoms with Gasteiger partial charge in [0.2, 0.25) is 12.8 Å². The molecule has 0 saturated heterocycles. The van der Waals surface area contributed by atoms with Gasteiger partial charge in [0.05, 0.1) is 37.3 Å². The number of nitrogens with zero attached hydrogens (tertiary/aromatic N) is 8. The fourth-order valence-electron chi connectivity index (χ4n) is 4.10. The molecule has 0 bridgehead atoms. The molecule has 0 aliphatic rings. The van der Waals surface area contributed by atoms with E-state index in [1.807, 2.05) is 0 Å². The van der Waals surface area contributed by atoms with Crippen LogP contribution in [0.3, 0.4) is 0 Å².